The van der Waals surface area contributed by atoms with E-state index in [1.807, 2.05) is 4.90 Å². The van der Waals surface area contributed by atoms with Gasteiger partial charge in [0, 0.05) is 26.6 Å². The summed E-state index contributed by atoms with van der Waals surface area (Å²) in [6.07, 6.45) is 5.89. The van der Waals surface area contributed by atoms with E-state index < -0.39 is 0 Å². The van der Waals surface area contributed by atoms with Gasteiger partial charge in [0.15, 0.2) is 0 Å². The second kappa shape index (κ2) is 7.45. The van der Waals surface area contributed by atoms with Crippen molar-refractivity contribution in [3.63, 3.8) is 0 Å². The van der Waals surface area contributed by atoms with Gasteiger partial charge < -0.3 is 15.5 Å². The molecule has 0 aliphatic carbocycles. The number of nitrogens with zero attached hydrogens (tertiary/aromatic N) is 4. The highest BCUT2D eigenvalue weighted by Gasteiger charge is 2.32. The van der Waals surface area contributed by atoms with Gasteiger partial charge in [-0.15, -0.1) is 0 Å². The van der Waals surface area contributed by atoms with E-state index in [-0.39, 0.29) is 37.0 Å². The van der Waals surface area contributed by atoms with Crippen LogP contribution in [0, 0.1) is 0 Å². The molecule has 1 aromatic heterocycles. The molecule has 1 atom stereocenters. The third-order valence-corrected chi connectivity index (χ3v) is 4.53. The number of nitrogens with one attached hydrogen (secondary N) is 2. The number of likely N-dealkylation sites (tertiary alicyclic amines) is 1. The molecule has 1 aromatic rings. The maximum absolute atomic E-state index is 12.6. The smallest absolute Gasteiger partial charge is 0.324 e. The minimum Gasteiger partial charge on any atom is -0.372 e. The van der Waals surface area contributed by atoms with Crippen molar-refractivity contribution in [2.75, 3.05) is 32.0 Å². The van der Waals surface area contributed by atoms with E-state index in [2.05, 4.69) is 20.6 Å². The van der Waals surface area contributed by atoms with Gasteiger partial charge in [0.05, 0.1) is 30.7 Å². The molecule has 2 aliphatic heterocycles. The molecule has 3 rings (SSSR count). The predicted molar refractivity (Wildman–Crippen MR) is 89.6 cm³/mol. The van der Waals surface area contributed by atoms with Gasteiger partial charge in [-0.2, -0.15) is 0 Å². The number of carbonyl (C=O) groups excluding carboxylic acids is 3. The fourth-order valence-electron chi connectivity index (χ4n) is 3.25. The standard InChI is InChI=1S/C16H22N6O3/c1-17-13-9-18-8-11(20-13)12-4-2-6-21(12)14(23)5-3-7-22-15(24)10-19-16(22)25/h8-9,12H,2-7,10H2,1H3,(H,17,20)(H,19,25). The second-order valence-electron chi connectivity index (χ2n) is 6.13. The Bertz CT molecular complexity index is 664. The van der Waals surface area contributed by atoms with Gasteiger partial charge >= 0.3 is 6.03 Å². The molecule has 9 heteroatoms. The van der Waals surface area contributed by atoms with E-state index in [1.165, 1.54) is 0 Å². The fourth-order valence-corrected chi connectivity index (χ4v) is 3.25. The second-order valence-corrected chi connectivity index (χ2v) is 6.13. The van der Waals surface area contributed by atoms with E-state index in [0.29, 0.717) is 25.2 Å². The van der Waals surface area contributed by atoms with Crippen LogP contribution in [0.2, 0.25) is 0 Å². The van der Waals surface area contributed by atoms with Gasteiger partial charge in [0.25, 0.3) is 0 Å². The number of urea groups is 1. The van der Waals surface area contributed by atoms with Crippen LogP contribution in [0.3, 0.4) is 0 Å². The maximum atomic E-state index is 12.6. The summed E-state index contributed by atoms with van der Waals surface area (Å²) >= 11 is 0. The number of imide groups is 1. The van der Waals surface area contributed by atoms with Gasteiger partial charge in [0.1, 0.15) is 5.82 Å². The lowest BCUT2D eigenvalue weighted by Crippen LogP contribution is -2.34. The topological polar surface area (TPSA) is 108 Å². The third-order valence-electron chi connectivity index (χ3n) is 4.53. The average Bonchev–Trinajstić information content (AvgIpc) is 3.23. The Labute approximate surface area is 145 Å². The molecule has 134 valence electrons. The Balaban J connectivity index is 1.57. The molecule has 4 amide bonds. The van der Waals surface area contributed by atoms with Crippen molar-refractivity contribution >= 4 is 23.7 Å². The molecule has 0 radical (unpaired) electrons. The van der Waals surface area contributed by atoms with Crippen molar-refractivity contribution in [3.8, 4) is 0 Å². The molecule has 0 bridgehead atoms. The number of hydrogen-bond acceptors (Lipinski definition) is 6. The van der Waals surface area contributed by atoms with Crippen LogP contribution >= 0.6 is 0 Å². The molecule has 2 fully saturated rings. The van der Waals surface area contributed by atoms with Crippen molar-refractivity contribution in [2.45, 2.75) is 31.7 Å². The fraction of sp³-hybridized carbons (Fsp3) is 0.562. The summed E-state index contributed by atoms with van der Waals surface area (Å²) in [7, 11) is 1.78. The number of aromatic nitrogens is 2. The van der Waals surface area contributed by atoms with Gasteiger partial charge in [-0.25, -0.2) is 9.78 Å². The largest absolute Gasteiger partial charge is 0.372 e. The summed E-state index contributed by atoms with van der Waals surface area (Å²) in [4.78, 5) is 47.3. The predicted octanol–water partition coefficient (Wildman–Crippen LogP) is 0.514. The first-order valence-electron chi connectivity index (χ1n) is 8.47. The Morgan fingerprint density at radius 1 is 1.40 bits per heavy atom. The molecule has 2 saturated heterocycles. The zero-order valence-electron chi connectivity index (χ0n) is 14.2. The minimum absolute atomic E-state index is 0.0196. The van der Waals surface area contributed by atoms with Crippen LogP contribution in [0.1, 0.15) is 37.4 Å². The zero-order chi connectivity index (χ0) is 17.8. The van der Waals surface area contributed by atoms with Crippen molar-refractivity contribution in [2.24, 2.45) is 0 Å². The Morgan fingerprint density at radius 3 is 2.96 bits per heavy atom. The van der Waals surface area contributed by atoms with Gasteiger partial charge in [-0.1, -0.05) is 0 Å². The Morgan fingerprint density at radius 2 is 2.24 bits per heavy atom. The molecular weight excluding hydrogens is 324 g/mol. The molecular formula is C16H22N6O3. The normalized spacial score (nSPS) is 20.1. The van der Waals surface area contributed by atoms with Gasteiger partial charge in [0.2, 0.25) is 11.8 Å². The number of amides is 4. The van der Waals surface area contributed by atoms with E-state index in [0.717, 1.165) is 23.4 Å². The monoisotopic (exact) mass is 346 g/mol. The number of anilines is 1. The summed E-state index contributed by atoms with van der Waals surface area (Å²) in [6, 6.07) is -0.444. The number of rotatable bonds is 6. The van der Waals surface area contributed by atoms with E-state index in [1.54, 1.807) is 19.4 Å². The summed E-state index contributed by atoms with van der Waals surface area (Å²) in [6.45, 7) is 1.00. The lowest BCUT2D eigenvalue weighted by atomic mass is 10.1. The average molecular weight is 346 g/mol. The first kappa shape index (κ1) is 17.1. The summed E-state index contributed by atoms with van der Waals surface area (Å²) in [5, 5.41) is 5.43. The van der Waals surface area contributed by atoms with Gasteiger partial charge in [-0.3, -0.25) is 19.5 Å². The van der Waals surface area contributed by atoms with Crippen LogP contribution in [0.25, 0.3) is 0 Å². The zero-order valence-corrected chi connectivity index (χ0v) is 14.2. The highest BCUT2D eigenvalue weighted by molar-refractivity contribution is 6.01. The molecule has 2 aliphatic rings. The molecule has 0 aromatic carbocycles. The quantitative estimate of drug-likeness (QED) is 0.727. The summed E-state index contributed by atoms with van der Waals surface area (Å²) in [5.74, 6) is 0.456. The van der Waals surface area contributed by atoms with E-state index in [4.69, 9.17) is 0 Å². The first-order valence-corrected chi connectivity index (χ1v) is 8.47. The summed E-state index contributed by atoms with van der Waals surface area (Å²) < 4.78 is 0. The minimum atomic E-state index is -0.379. The van der Waals surface area contributed by atoms with Crippen molar-refractivity contribution < 1.29 is 14.4 Å². The number of hydrogen-bond donors (Lipinski definition) is 2. The summed E-state index contributed by atoms with van der Waals surface area (Å²) in [5.41, 5.74) is 0.784. The Hall–Kier alpha value is -2.71. The molecule has 3 heterocycles. The van der Waals surface area contributed by atoms with Crippen molar-refractivity contribution in [3.05, 3.63) is 18.1 Å². The third kappa shape index (κ3) is 3.70. The van der Waals surface area contributed by atoms with Crippen LogP contribution in [-0.2, 0) is 9.59 Å². The van der Waals surface area contributed by atoms with Crippen LogP contribution < -0.4 is 10.6 Å². The van der Waals surface area contributed by atoms with Crippen LogP contribution in [0.15, 0.2) is 12.4 Å². The van der Waals surface area contributed by atoms with Crippen LogP contribution in [0.4, 0.5) is 10.6 Å². The molecule has 25 heavy (non-hydrogen) atoms. The SMILES string of the molecule is CNc1cncc(C2CCCN2C(=O)CCCN2C(=O)CNC2=O)n1. The lowest BCUT2D eigenvalue weighted by molar-refractivity contribution is -0.133. The van der Waals surface area contributed by atoms with Crippen LogP contribution in [-0.4, -0.2) is 64.3 Å². The molecule has 0 spiro atoms. The molecule has 0 saturated carbocycles. The highest BCUT2D eigenvalue weighted by Crippen LogP contribution is 2.31. The molecule has 1 unspecified atom stereocenters. The molecule has 2 N–H and O–H groups in total. The molecule has 9 nitrogen and oxygen atoms in total. The highest BCUT2D eigenvalue weighted by atomic mass is 16.2. The number of carbonyl (C=O) groups is 3. The van der Waals surface area contributed by atoms with Gasteiger partial charge in [-0.05, 0) is 19.3 Å². The lowest BCUT2D eigenvalue weighted by Gasteiger charge is -2.24. The van der Waals surface area contributed by atoms with Crippen LogP contribution in [0.5, 0.6) is 0 Å². The first-order chi connectivity index (χ1) is 12.1. The van der Waals surface area contributed by atoms with E-state index >= 15 is 0 Å². The Kier molecular flexibility index (Phi) is 5.11. The van der Waals surface area contributed by atoms with E-state index in [9.17, 15) is 14.4 Å². The maximum Gasteiger partial charge on any atom is 0.324 e. The van der Waals surface area contributed by atoms with Crippen molar-refractivity contribution in [1.82, 2.24) is 25.1 Å². The van der Waals surface area contributed by atoms with Crippen molar-refractivity contribution in [1.29, 1.82) is 0 Å².